The second-order valence-electron chi connectivity index (χ2n) is 8.09. The molecule has 0 radical (unpaired) electrons. The predicted molar refractivity (Wildman–Crippen MR) is 108 cm³/mol. The zero-order chi connectivity index (χ0) is 18.5. The Hall–Kier alpha value is -1.47. The lowest BCUT2D eigenvalue weighted by Crippen LogP contribution is -2.46. The van der Waals surface area contributed by atoms with Crippen LogP contribution in [0.25, 0.3) is 0 Å². The van der Waals surface area contributed by atoms with E-state index in [0.29, 0.717) is 12.0 Å². The van der Waals surface area contributed by atoms with E-state index < -0.39 is 0 Å². The van der Waals surface area contributed by atoms with Crippen LogP contribution < -0.4 is 5.32 Å². The maximum atomic E-state index is 5.51. The Morgan fingerprint density at radius 1 is 1.07 bits per heavy atom. The summed E-state index contributed by atoms with van der Waals surface area (Å²) in [7, 11) is 0. The van der Waals surface area contributed by atoms with Crippen molar-refractivity contribution in [1.29, 1.82) is 0 Å². The maximum absolute atomic E-state index is 5.51. The van der Waals surface area contributed by atoms with Gasteiger partial charge in [0.15, 0.2) is 0 Å². The fraction of sp³-hybridized carbons (Fsp3) is 0.850. The van der Waals surface area contributed by atoms with Crippen LogP contribution in [0, 0.1) is 5.92 Å². The topological polar surface area (TPSA) is 67.6 Å². The van der Waals surface area contributed by atoms with E-state index in [1.165, 1.54) is 57.1 Å². The Morgan fingerprint density at radius 3 is 2.74 bits per heavy atom. The summed E-state index contributed by atoms with van der Waals surface area (Å²) in [6, 6.07) is 0.476. The van der Waals surface area contributed by atoms with Crippen LogP contribution in [0.5, 0.6) is 0 Å². The number of rotatable bonds is 9. The van der Waals surface area contributed by atoms with Gasteiger partial charge in [0, 0.05) is 37.3 Å². The number of aromatic nitrogens is 3. The van der Waals surface area contributed by atoms with Crippen molar-refractivity contribution in [2.75, 3.05) is 38.2 Å². The Balaban J connectivity index is 1.31. The summed E-state index contributed by atoms with van der Waals surface area (Å²) in [4.78, 5) is 12.1. The minimum Gasteiger partial charge on any atom is -0.379 e. The third-order valence-corrected chi connectivity index (χ3v) is 6.12. The van der Waals surface area contributed by atoms with Crippen LogP contribution in [0.2, 0.25) is 0 Å². The van der Waals surface area contributed by atoms with Crippen LogP contribution in [0.1, 0.15) is 58.3 Å². The molecule has 2 atom stereocenters. The number of fused-ring (bicyclic) bond motifs is 2. The number of hydrogen-bond acceptors (Lipinski definition) is 6. The minimum atomic E-state index is 0.476. The molecular formula is C20H34N6O. The van der Waals surface area contributed by atoms with Crippen molar-refractivity contribution in [1.82, 2.24) is 19.7 Å². The average molecular weight is 375 g/mol. The lowest BCUT2D eigenvalue weighted by atomic mass is 10.0. The van der Waals surface area contributed by atoms with Crippen LogP contribution in [0.4, 0.5) is 11.9 Å². The Kier molecular flexibility index (Phi) is 6.39. The predicted octanol–water partition coefficient (Wildman–Crippen LogP) is 3.25. The molecule has 27 heavy (non-hydrogen) atoms. The first-order chi connectivity index (χ1) is 13.3. The number of ether oxygens (including phenoxy) is 1. The van der Waals surface area contributed by atoms with Gasteiger partial charge in [-0.05, 0) is 19.3 Å². The number of hydrogen-bond donors (Lipinski definition) is 1. The number of nitrogens with zero attached hydrogens (tertiary/aromatic N) is 5. The van der Waals surface area contributed by atoms with Crippen molar-refractivity contribution < 1.29 is 4.74 Å². The maximum Gasteiger partial charge on any atom is 0.249 e. The van der Waals surface area contributed by atoms with Crippen molar-refractivity contribution in [2.24, 2.45) is 10.9 Å². The van der Waals surface area contributed by atoms with Gasteiger partial charge in [-0.15, -0.1) is 5.10 Å². The molecule has 2 fully saturated rings. The van der Waals surface area contributed by atoms with E-state index in [2.05, 4.69) is 27.2 Å². The van der Waals surface area contributed by atoms with E-state index in [1.54, 1.807) is 0 Å². The van der Waals surface area contributed by atoms with Crippen molar-refractivity contribution in [2.45, 2.75) is 70.9 Å². The molecule has 0 bridgehead atoms. The summed E-state index contributed by atoms with van der Waals surface area (Å²) >= 11 is 0. The van der Waals surface area contributed by atoms with E-state index in [0.717, 1.165) is 51.3 Å². The molecule has 2 aliphatic heterocycles. The number of unbranched alkanes of at least 4 members (excludes halogenated alkanes) is 5. The molecule has 2 unspecified atom stereocenters. The summed E-state index contributed by atoms with van der Waals surface area (Å²) in [6.45, 7) is 7.87. The van der Waals surface area contributed by atoms with Gasteiger partial charge < -0.3 is 10.1 Å². The van der Waals surface area contributed by atoms with Crippen molar-refractivity contribution in [3.8, 4) is 0 Å². The second kappa shape index (κ2) is 9.15. The number of aliphatic imine (C=N–C) groups is 1. The highest BCUT2D eigenvalue weighted by atomic mass is 16.5. The number of anilines is 1. The molecule has 1 saturated carbocycles. The van der Waals surface area contributed by atoms with Gasteiger partial charge in [0.25, 0.3) is 0 Å². The van der Waals surface area contributed by atoms with E-state index in [9.17, 15) is 0 Å². The summed E-state index contributed by atoms with van der Waals surface area (Å²) in [5.41, 5.74) is 1.33. The molecule has 7 heteroatoms. The summed E-state index contributed by atoms with van der Waals surface area (Å²) in [5, 5.41) is 8.04. The van der Waals surface area contributed by atoms with Crippen molar-refractivity contribution in [3.63, 3.8) is 0 Å². The van der Waals surface area contributed by atoms with Crippen LogP contribution in [0.3, 0.4) is 0 Å². The van der Waals surface area contributed by atoms with Gasteiger partial charge in [-0.3, -0.25) is 4.90 Å². The summed E-state index contributed by atoms with van der Waals surface area (Å²) < 4.78 is 7.51. The first kappa shape index (κ1) is 18.9. The molecular weight excluding hydrogens is 340 g/mol. The van der Waals surface area contributed by atoms with Crippen molar-refractivity contribution >= 4 is 17.6 Å². The van der Waals surface area contributed by atoms with Gasteiger partial charge in [0.2, 0.25) is 11.9 Å². The van der Waals surface area contributed by atoms with Crippen LogP contribution in [0.15, 0.2) is 4.99 Å². The fourth-order valence-electron chi connectivity index (χ4n) is 4.58. The zero-order valence-corrected chi connectivity index (χ0v) is 16.7. The average Bonchev–Trinajstić information content (AvgIpc) is 3.29. The van der Waals surface area contributed by atoms with Gasteiger partial charge in [0.1, 0.15) is 0 Å². The number of morpholine rings is 1. The smallest absolute Gasteiger partial charge is 0.249 e. The molecule has 7 nitrogen and oxygen atoms in total. The highest BCUT2D eigenvalue weighted by molar-refractivity contribution is 5.95. The van der Waals surface area contributed by atoms with E-state index in [4.69, 9.17) is 9.73 Å². The number of nitrogens with one attached hydrogen (secondary N) is 1. The normalized spacial score (nSPS) is 25.1. The van der Waals surface area contributed by atoms with E-state index in [-0.39, 0.29) is 0 Å². The van der Waals surface area contributed by atoms with Crippen LogP contribution in [-0.4, -0.2) is 64.3 Å². The van der Waals surface area contributed by atoms with Gasteiger partial charge >= 0.3 is 0 Å². The largest absolute Gasteiger partial charge is 0.379 e. The van der Waals surface area contributed by atoms with Crippen LogP contribution >= 0.6 is 0 Å². The highest BCUT2D eigenvalue weighted by Crippen LogP contribution is 2.34. The third-order valence-electron chi connectivity index (χ3n) is 6.12. The summed E-state index contributed by atoms with van der Waals surface area (Å²) in [5.74, 6) is 2.05. The zero-order valence-electron chi connectivity index (χ0n) is 16.7. The van der Waals surface area contributed by atoms with Crippen molar-refractivity contribution in [3.05, 3.63) is 0 Å². The first-order valence-electron chi connectivity index (χ1n) is 10.9. The quantitative estimate of drug-likeness (QED) is 0.672. The molecule has 150 valence electrons. The first-order valence-corrected chi connectivity index (χ1v) is 10.9. The van der Waals surface area contributed by atoms with Gasteiger partial charge in [-0.2, -0.15) is 4.98 Å². The van der Waals surface area contributed by atoms with E-state index >= 15 is 0 Å². The third kappa shape index (κ3) is 4.51. The Labute approximate surface area is 162 Å². The Bertz CT molecular complexity index is 636. The molecule has 0 spiro atoms. The lowest BCUT2D eigenvalue weighted by molar-refractivity contribution is 0.0292. The molecule has 1 saturated heterocycles. The molecule has 1 aliphatic carbocycles. The molecule has 4 rings (SSSR count). The van der Waals surface area contributed by atoms with Gasteiger partial charge in [0.05, 0.1) is 19.8 Å². The lowest BCUT2D eigenvalue weighted by Gasteiger charge is -2.33. The summed E-state index contributed by atoms with van der Waals surface area (Å²) in [6.07, 6.45) is 10.2. The standard InChI is InChI=1S/C20H34N6O/c1-2-3-4-5-6-7-10-21-19-23-20-22-18-16(15-26(20)24-19)8-9-17(18)25-11-13-27-14-12-25/h16-17H,2-15H2,1H3,(H,21,24). The monoisotopic (exact) mass is 374 g/mol. The molecule has 1 N–H and O–H groups in total. The van der Waals surface area contributed by atoms with E-state index in [1.807, 2.05) is 4.68 Å². The fourth-order valence-corrected chi connectivity index (χ4v) is 4.58. The molecule has 1 aromatic rings. The molecule has 0 aromatic carbocycles. The molecule has 0 amide bonds. The molecule has 3 aliphatic rings. The Morgan fingerprint density at radius 2 is 1.89 bits per heavy atom. The molecule has 1 aromatic heterocycles. The SMILES string of the molecule is CCCCCCCCNc1nc2n(n1)CC1CCC(N3CCOCC3)C1=N2. The molecule has 3 heterocycles. The minimum absolute atomic E-state index is 0.476. The highest BCUT2D eigenvalue weighted by Gasteiger charge is 2.39. The van der Waals surface area contributed by atoms with Gasteiger partial charge in [-0.1, -0.05) is 39.0 Å². The second-order valence-corrected chi connectivity index (χ2v) is 8.09. The van der Waals surface area contributed by atoms with Crippen LogP contribution in [-0.2, 0) is 11.3 Å². The van der Waals surface area contributed by atoms with Gasteiger partial charge in [-0.25, -0.2) is 9.67 Å².